The van der Waals surface area contributed by atoms with Crippen molar-refractivity contribution in [2.75, 3.05) is 0 Å². The van der Waals surface area contributed by atoms with Gasteiger partial charge in [-0.05, 0) is 24.3 Å². The van der Waals surface area contributed by atoms with Crippen molar-refractivity contribution in [3.8, 4) is 0 Å². The Kier molecular flexibility index (Phi) is 3.00. The number of aromatic amines is 1. The van der Waals surface area contributed by atoms with Crippen LogP contribution >= 0.6 is 0 Å². The monoisotopic (exact) mass is 232 g/mol. The lowest BCUT2D eigenvalue weighted by atomic mass is 10.2. The number of hydrogen-bond acceptors (Lipinski definition) is 3. The molecule has 1 aromatic carbocycles. The van der Waals surface area contributed by atoms with Gasteiger partial charge in [-0.2, -0.15) is 0 Å². The number of H-pyrrole nitrogens is 1. The summed E-state index contributed by atoms with van der Waals surface area (Å²) in [5.74, 6) is -0.244. The molecule has 0 aliphatic rings. The van der Waals surface area contributed by atoms with Crippen LogP contribution in [0, 0.1) is 5.82 Å². The quantitative estimate of drug-likeness (QED) is 0.778. The summed E-state index contributed by atoms with van der Waals surface area (Å²) in [6.45, 7) is 0. The van der Waals surface area contributed by atoms with Crippen LogP contribution in [-0.2, 0) is 0 Å². The minimum atomic E-state index is -0.382. The zero-order valence-corrected chi connectivity index (χ0v) is 8.72. The van der Waals surface area contributed by atoms with Crippen LogP contribution in [0.2, 0.25) is 0 Å². The zero-order valence-electron chi connectivity index (χ0n) is 8.72. The Labute approximate surface area is 96.1 Å². The summed E-state index contributed by atoms with van der Waals surface area (Å²) in [6.07, 6.45) is 2.64. The Bertz CT molecular complexity index is 602. The Balaban J connectivity index is 2.34. The molecule has 0 radical (unpaired) electrons. The van der Waals surface area contributed by atoms with E-state index >= 15 is 0 Å². The standard InChI is InChI=1S/C12H9FN2O2/c13-9-3-1-8(2-4-9)10(16)7-11-14-6-5-12(17)15-11/h1-7,16H,(H,14,15,17)/b10-7-. The highest BCUT2D eigenvalue weighted by molar-refractivity contribution is 5.73. The second kappa shape index (κ2) is 4.61. The number of halogens is 1. The van der Waals surface area contributed by atoms with E-state index in [0.717, 1.165) is 0 Å². The van der Waals surface area contributed by atoms with E-state index in [4.69, 9.17) is 0 Å². The molecule has 86 valence electrons. The van der Waals surface area contributed by atoms with Crippen LogP contribution in [0.5, 0.6) is 0 Å². The molecule has 2 aromatic rings. The minimum Gasteiger partial charge on any atom is -0.507 e. The van der Waals surface area contributed by atoms with Crippen molar-refractivity contribution in [2.45, 2.75) is 0 Å². The summed E-state index contributed by atoms with van der Waals surface area (Å²) in [5, 5.41) is 9.73. The summed E-state index contributed by atoms with van der Waals surface area (Å²) in [6, 6.07) is 6.61. The van der Waals surface area contributed by atoms with Gasteiger partial charge in [0.1, 0.15) is 17.4 Å². The number of aliphatic hydroxyl groups is 1. The summed E-state index contributed by atoms with van der Waals surface area (Å²) >= 11 is 0. The van der Waals surface area contributed by atoms with Gasteiger partial charge in [0.25, 0.3) is 5.56 Å². The first kappa shape index (κ1) is 11.1. The van der Waals surface area contributed by atoms with E-state index in [-0.39, 0.29) is 23.0 Å². The SMILES string of the molecule is O=c1ccnc(/C=C(\O)c2ccc(F)cc2)[nH]1. The predicted octanol–water partition coefficient (Wildman–Crippen LogP) is 1.97. The van der Waals surface area contributed by atoms with Gasteiger partial charge in [0.2, 0.25) is 0 Å². The molecule has 0 saturated heterocycles. The second-order valence-electron chi connectivity index (χ2n) is 3.36. The molecule has 0 unspecified atom stereocenters. The van der Waals surface area contributed by atoms with Gasteiger partial charge in [0.05, 0.1) is 0 Å². The molecule has 0 spiro atoms. The molecule has 0 atom stereocenters. The van der Waals surface area contributed by atoms with Gasteiger partial charge in [0, 0.05) is 23.9 Å². The zero-order chi connectivity index (χ0) is 12.3. The molecule has 5 heteroatoms. The topological polar surface area (TPSA) is 66.0 Å². The number of aliphatic hydroxyl groups excluding tert-OH is 1. The van der Waals surface area contributed by atoms with E-state index in [2.05, 4.69) is 9.97 Å². The molecular formula is C12H9FN2O2. The largest absolute Gasteiger partial charge is 0.507 e. The number of aromatic nitrogens is 2. The fourth-order valence-corrected chi connectivity index (χ4v) is 1.29. The van der Waals surface area contributed by atoms with E-state index < -0.39 is 0 Å². The number of rotatable bonds is 2. The first-order chi connectivity index (χ1) is 8.15. The van der Waals surface area contributed by atoms with Gasteiger partial charge < -0.3 is 10.1 Å². The fraction of sp³-hybridized carbons (Fsp3) is 0. The molecular weight excluding hydrogens is 223 g/mol. The molecule has 17 heavy (non-hydrogen) atoms. The summed E-state index contributed by atoms with van der Waals surface area (Å²) in [5.41, 5.74) is 0.135. The van der Waals surface area contributed by atoms with E-state index in [1.54, 1.807) is 0 Å². The van der Waals surface area contributed by atoms with Crippen LogP contribution in [0.1, 0.15) is 11.4 Å². The fourth-order valence-electron chi connectivity index (χ4n) is 1.29. The summed E-state index contributed by atoms with van der Waals surface area (Å²) in [7, 11) is 0. The van der Waals surface area contributed by atoms with Crippen molar-refractivity contribution in [1.82, 2.24) is 9.97 Å². The molecule has 4 nitrogen and oxygen atoms in total. The predicted molar refractivity (Wildman–Crippen MR) is 61.8 cm³/mol. The highest BCUT2D eigenvalue weighted by Crippen LogP contribution is 2.13. The van der Waals surface area contributed by atoms with Crippen molar-refractivity contribution in [3.63, 3.8) is 0 Å². The highest BCUT2D eigenvalue weighted by atomic mass is 19.1. The Morgan fingerprint density at radius 3 is 2.65 bits per heavy atom. The molecule has 0 bridgehead atoms. The van der Waals surface area contributed by atoms with E-state index in [0.29, 0.717) is 5.56 Å². The van der Waals surface area contributed by atoms with Crippen LogP contribution in [0.4, 0.5) is 4.39 Å². The van der Waals surface area contributed by atoms with Gasteiger partial charge in [0.15, 0.2) is 0 Å². The van der Waals surface area contributed by atoms with Gasteiger partial charge in [-0.1, -0.05) is 0 Å². The number of nitrogens with zero attached hydrogens (tertiary/aromatic N) is 1. The second-order valence-corrected chi connectivity index (χ2v) is 3.36. The van der Waals surface area contributed by atoms with Crippen LogP contribution in [0.25, 0.3) is 11.8 Å². The summed E-state index contributed by atoms with van der Waals surface area (Å²) in [4.78, 5) is 17.3. The van der Waals surface area contributed by atoms with Gasteiger partial charge in [-0.25, -0.2) is 9.37 Å². The normalized spacial score (nSPS) is 11.5. The van der Waals surface area contributed by atoms with Crippen molar-refractivity contribution in [2.24, 2.45) is 0 Å². The van der Waals surface area contributed by atoms with Gasteiger partial charge in [-0.3, -0.25) is 4.79 Å². The van der Waals surface area contributed by atoms with Crippen molar-refractivity contribution >= 4 is 11.8 Å². The van der Waals surface area contributed by atoms with E-state index in [1.807, 2.05) is 0 Å². The van der Waals surface area contributed by atoms with Gasteiger partial charge >= 0.3 is 0 Å². The number of hydrogen-bond donors (Lipinski definition) is 2. The third-order valence-electron chi connectivity index (χ3n) is 2.10. The molecule has 0 amide bonds. The maximum absolute atomic E-state index is 12.7. The molecule has 0 aliphatic carbocycles. The molecule has 2 N–H and O–H groups in total. The molecule has 0 aliphatic heterocycles. The van der Waals surface area contributed by atoms with Crippen LogP contribution in [0.3, 0.4) is 0 Å². The Morgan fingerprint density at radius 1 is 1.29 bits per heavy atom. The van der Waals surface area contributed by atoms with Crippen LogP contribution < -0.4 is 5.56 Å². The molecule has 2 rings (SSSR count). The highest BCUT2D eigenvalue weighted by Gasteiger charge is 2.00. The minimum absolute atomic E-state index is 0.0978. The maximum atomic E-state index is 12.7. The third kappa shape index (κ3) is 2.78. The van der Waals surface area contributed by atoms with Gasteiger partial charge in [-0.15, -0.1) is 0 Å². The van der Waals surface area contributed by atoms with Crippen molar-refractivity contribution in [1.29, 1.82) is 0 Å². The lowest BCUT2D eigenvalue weighted by Gasteiger charge is -1.99. The maximum Gasteiger partial charge on any atom is 0.251 e. The third-order valence-corrected chi connectivity index (χ3v) is 2.10. The number of nitrogens with one attached hydrogen (secondary N) is 1. The molecule has 1 heterocycles. The van der Waals surface area contributed by atoms with E-state index in [1.165, 1.54) is 42.6 Å². The molecule has 1 aromatic heterocycles. The van der Waals surface area contributed by atoms with Crippen LogP contribution in [-0.4, -0.2) is 15.1 Å². The lowest BCUT2D eigenvalue weighted by molar-refractivity contribution is 0.515. The first-order valence-electron chi connectivity index (χ1n) is 4.87. The molecule has 0 fully saturated rings. The smallest absolute Gasteiger partial charge is 0.251 e. The Hall–Kier alpha value is -2.43. The first-order valence-corrected chi connectivity index (χ1v) is 4.87. The van der Waals surface area contributed by atoms with E-state index in [9.17, 15) is 14.3 Å². The molecule has 0 saturated carbocycles. The van der Waals surface area contributed by atoms with Crippen molar-refractivity contribution in [3.05, 3.63) is 64.1 Å². The summed E-state index contributed by atoms with van der Waals surface area (Å²) < 4.78 is 12.7. The average Bonchev–Trinajstić information content (AvgIpc) is 2.29. The van der Waals surface area contributed by atoms with Crippen LogP contribution in [0.15, 0.2) is 41.3 Å². The number of benzene rings is 1. The van der Waals surface area contributed by atoms with Crippen molar-refractivity contribution < 1.29 is 9.50 Å². The Morgan fingerprint density at radius 2 is 2.00 bits per heavy atom. The average molecular weight is 232 g/mol. The lowest BCUT2D eigenvalue weighted by Crippen LogP contribution is -2.06.